The molecule has 0 fully saturated rings. The fraction of sp³-hybridized carbons (Fsp3) is 0.235. The first kappa shape index (κ1) is 14.3. The minimum atomic E-state index is -0.177. The lowest BCUT2D eigenvalue weighted by Gasteiger charge is -2.18. The first-order chi connectivity index (χ1) is 10.7. The van der Waals surface area contributed by atoms with Crippen LogP contribution in [-0.2, 0) is 11.3 Å². The summed E-state index contributed by atoms with van der Waals surface area (Å²) in [5, 5.41) is 2.82. The van der Waals surface area contributed by atoms with E-state index in [0.29, 0.717) is 25.5 Å². The molecule has 0 saturated carbocycles. The normalized spacial score (nSPS) is 13.3. The van der Waals surface area contributed by atoms with Gasteiger partial charge in [0.2, 0.25) is 5.91 Å². The van der Waals surface area contributed by atoms with E-state index in [-0.39, 0.29) is 5.91 Å². The molecule has 0 aliphatic carbocycles. The third-order valence-corrected chi connectivity index (χ3v) is 3.23. The van der Waals surface area contributed by atoms with E-state index in [2.05, 4.69) is 5.32 Å². The lowest BCUT2D eigenvalue weighted by Crippen LogP contribution is -2.20. The van der Waals surface area contributed by atoms with Gasteiger partial charge in [0.1, 0.15) is 24.7 Å². The van der Waals surface area contributed by atoms with Crippen molar-refractivity contribution in [3.63, 3.8) is 0 Å². The number of nitrogens with one attached hydrogen (secondary N) is 1. The van der Waals surface area contributed by atoms with Crippen LogP contribution in [0.1, 0.15) is 17.1 Å². The van der Waals surface area contributed by atoms with Gasteiger partial charge in [0.05, 0.1) is 0 Å². The smallest absolute Gasteiger partial charge is 0.244 e. The van der Waals surface area contributed by atoms with Crippen LogP contribution in [0.4, 0.5) is 0 Å². The summed E-state index contributed by atoms with van der Waals surface area (Å²) in [7, 11) is 0. The zero-order chi connectivity index (χ0) is 15.4. The van der Waals surface area contributed by atoms with Crippen molar-refractivity contribution in [2.24, 2.45) is 0 Å². The molecule has 1 aromatic carbocycles. The Morgan fingerprint density at radius 3 is 2.77 bits per heavy atom. The Balaban J connectivity index is 1.55. The summed E-state index contributed by atoms with van der Waals surface area (Å²) >= 11 is 0. The molecule has 3 rings (SSSR count). The van der Waals surface area contributed by atoms with Gasteiger partial charge in [0, 0.05) is 12.6 Å². The second-order valence-corrected chi connectivity index (χ2v) is 4.98. The van der Waals surface area contributed by atoms with Crippen molar-refractivity contribution in [1.29, 1.82) is 0 Å². The first-order valence-electron chi connectivity index (χ1n) is 7.11. The van der Waals surface area contributed by atoms with Crippen molar-refractivity contribution in [1.82, 2.24) is 5.32 Å². The molecular weight excluding hydrogens is 282 g/mol. The van der Waals surface area contributed by atoms with Gasteiger partial charge < -0.3 is 19.2 Å². The number of carbonyl (C=O) groups excluding carboxylic acids is 1. The molecule has 0 atom stereocenters. The van der Waals surface area contributed by atoms with Gasteiger partial charge in [-0.05, 0) is 42.8 Å². The number of aryl methyl sites for hydroxylation is 1. The molecule has 1 N–H and O–H groups in total. The average molecular weight is 299 g/mol. The lowest BCUT2D eigenvalue weighted by atomic mass is 10.2. The highest BCUT2D eigenvalue weighted by atomic mass is 16.6. The van der Waals surface area contributed by atoms with Gasteiger partial charge in [-0.25, -0.2) is 0 Å². The Hall–Kier alpha value is -2.69. The van der Waals surface area contributed by atoms with Gasteiger partial charge >= 0.3 is 0 Å². The van der Waals surface area contributed by atoms with E-state index in [0.717, 1.165) is 22.8 Å². The number of rotatable bonds is 4. The summed E-state index contributed by atoms with van der Waals surface area (Å²) in [5.41, 5.74) is 0.958. The number of amides is 1. The molecule has 2 aromatic rings. The van der Waals surface area contributed by atoms with Crippen molar-refractivity contribution in [2.75, 3.05) is 13.2 Å². The highest BCUT2D eigenvalue weighted by Crippen LogP contribution is 2.30. The third kappa shape index (κ3) is 3.49. The number of furan rings is 1. The number of fused-ring (bicyclic) bond motifs is 1. The Morgan fingerprint density at radius 1 is 1.18 bits per heavy atom. The third-order valence-electron chi connectivity index (χ3n) is 3.23. The van der Waals surface area contributed by atoms with Gasteiger partial charge in [-0.15, -0.1) is 0 Å². The van der Waals surface area contributed by atoms with E-state index < -0.39 is 0 Å². The molecule has 0 saturated heterocycles. The first-order valence-corrected chi connectivity index (χ1v) is 7.11. The molecule has 0 radical (unpaired) electrons. The molecule has 5 heteroatoms. The summed E-state index contributed by atoms with van der Waals surface area (Å²) in [5.74, 6) is 2.77. The molecule has 0 bridgehead atoms. The number of hydrogen-bond acceptors (Lipinski definition) is 4. The van der Waals surface area contributed by atoms with Gasteiger partial charge in [-0.1, -0.05) is 6.07 Å². The number of carbonyl (C=O) groups is 1. The summed E-state index contributed by atoms with van der Waals surface area (Å²) in [6.45, 7) is 3.41. The van der Waals surface area contributed by atoms with E-state index in [4.69, 9.17) is 13.9 Å². The molecular formula is C17H17NO4. The van der Waals surface area contributed by atoms with Gasteiger partial charge in [0.15, 0.2) is 11.5 Å². The van der Waals surface area contributed by atoms with Crippen molar-refractivity contribution in [3.05, 3.63) is 53.5 Å². The minimum Gasteiger partial charge on any atom is -0.486 e. The van der Waals surface area contributed by atoms with Crippen LogP contribution >= 0.6 is 0 Å². The van der Waals surface area contributed by atoms with Crippen LogP contribution in [0.3, 0.4) is 0 Å². The molecule has 1 aromatic heterocycles. The number of benzene rings is 1. The molecule has 114 valence electrons. The second-order valence-electron chi connectivity index (χ2n) is 4.98. The maximum absolute atomic E-state index is 11.8. The monoisotopic (exact) mass is 299 g/mol. The van der Waals surface area contributed by atoms with E-state index in [1.165, 1.54) is 6.08 Å². The quantitative estimate of drug-likeness (QED) is 0.882. The van der Waals surface area contributed by atoms with Crippen LogP contribution in [-0.4, -0.2) is 19.1 Å². The molecule has 1 amide bonds. The molecule has 2 heterocycles. The predicted molar refractivity (Wildman–Crippen MR) is 81.8 cm³/mol. The second kappa shape index (κ2) is 6.39. The SMILES string of the molecule is Cc1ccc(/C=C\C(=O)NCc2ccc3c(c2)OCCO3)o1. The minimum absolute atomic E-state index is 0.177. The zero-order valence-corrected chi connectivity index (χ0v) is 12.3. The average Bonchev–Trinajstić information content (AvgIpc) is 2.96. The van der Waals surface area contributed by atoms with Gasteiger partial charge in [-0.3, -0.25) is 4.79 Å². The summed E-state index contributed by atoms with van der Waals surface area (Å²) in [6, 6.07) is 9.33. The van der Waals surface area contributed by atoms with Gasteiger partial charge in [0.25, 0.3) is 0 Å². The maximum Gasteiger partial charge on any atom is 0.244 e. The van der Waals surface area contributed by atoms with Crippen molar-refractivity contribution < 1.29 is 18.7 Å². The topological polar surface area (TPSA) is 60.7 Å². The van der Waals surface area contributed by atoms with Crippen molar-refractivity contribution in [3.8, 4) is 11.5 Å². The zero-order valence-electron chi connectivity index (χ0n) is 12.3. The number of ether oxygens (including phenoxy) is 2. The fourth-order valence-corrected chi connectivity index (χ4v) is 2.15. The maximum atomic E-state index is 11.8. The Kier molecular flexibility index (Phi) is 4.14. The van der Waals surface area contributed by atoms with E-state index >= 15 is 0 Å². The van der Waals surface area contributed by atoms with Crippen LogP contribution in [0.25, 0.3) is 6.08 Å². The summed E-state index contributed by atoms with van der Waals surface area (Å²) < 4.78 is 16.3. The van der Waals surface area contributed by atoms with Crippen LogP contribution in [0, 0.1) is 6.92 Å². The van der Waals surface area contributed by atoms with Crippen LogP contribution < -0.4 is 14.8 Å². The highest BCUT2D eigenvalue weighted by molar-refractivity contribution is 5.91. The standard InChI is InChI=1S/C17H17NO4/c1-12-2-4-14(22-12)5-7-17(19)18-11-13-3-6-15-16(10-13)21-9-8-20-15/h2-7,10H,8-9,11H2,1H3,(H,18,19)/b7-5-. The van der Waals surface area contributed by atoms with E-state index in [9.17, 15) is 4.79 Å². The van der Waals surface area contributed by atoms with E-state index in [1.807, 2.05) is 37.3 Å². The molecule has 22 heavy (non-hydrogen) atoms. The summed E-state index contributed by atoms with van der Waals surface area (Å²) in [6.07, 6.45) is 3.10. The van der Waals surface area contributed by atoms with Crippen molar-refractivity contribution in [2.45, 2.75) is 13.5 Å². The van der Waals surface area contributed by atoms with Crippen LogP contribution in [0.15, 0.2) is 40.8 Å². The fourth-order valence-electron chi connectivity index (χ4n) is 2.15. The molecule has 1 aliphatic heterocycles. The Labute approximate surface area is 128 Å². The highest BCUT2D eigenvalue weighted by Gasteiger charge is 2.11. The largest absolute Gasteiger partial charge is 0.486 e. The lowest BCUT2D eigenvalue weighted by molar-refractivity contribution is -0.116. The predicted octanol–water partition coefficient (Wildman–Crippen LogP) is 2.69. The molecule has 5 nitrogen and oxygen atoms in total. The molecule has 0 spiro atoms. The Bertz CT molecular complexity index is 702. The molecule has 1 aliphatic rings. The van der Waals surface area contributed by atoms with Gasteiger partial charge in [-0.2, -0.15) is 0 Å². The Morgan fingerprint density at radius 2 is 2.00 bits per heavy atom. The summed E-state index contributed by atoms with van der Waals surface area (Å²) in [4.78, 5) is 11.8. The van der Waals surface area contributed by atoms with E-state index in [1.54, 1.807) is 6.08 Å². The van der Waals surface area contributed by atoms with Crippen LogP contribution in [0.5, 0.6) is 11.5 Å². The van der Waals surface area contributed by atoms with Crippen molar-refractivity contribution >= 4 is 12.0 Å². The number of hydrogen-bond donors (Lipinski definition) is 1. The van der Waals surface area contributed by atoms with Crippen LogP contribution in [0.2, 0.25) is 0 Å². The molecule has 0 unspecified atom stereocenters.